The highest BCUT2D eigenvalue weighted by atomic mass is 35.5. The van der Waals surface area contributed by atoms with Crippen molar-refractivity contribution in [3.8, 4) is 5.69 Å². The van der Waals surface area contributed by atoms with Crippen LogP contribution >= 0.6 is 35.0 Å². The Balaban J connectivity index is 2.00. The van der Waals surface area contributed by atoms with E-state index in [1.165, 1.54) is 0 Å². The summed E-state index contributed by atoms with van der Waals surface area (Å²) in [4.78, 5) is 3.00. The van der Waals surface area contributed by atoms with Crippen molar-refractivity contribution in [2.45, 2.75) is 17.6 Å². The molecule has 6 heteroatoms. The minimum absolute atomic E-state index is 0.658. The smallest absolute Gasteiger partial charge is 0.0824 e. The highest BCUT2D eigenvalue weighted by Crippen LogP contribution is 2.33. The van der Waals surface area contributed by atoms with Gasteiger partial charge < -0.3 is 4.90 Å². The van der Waals surface area contributed by atoms with E-state index in [1.54, 1.807) is 17.8 Å². The Morgan fingerprint density at radius 1 is 1.15 bits per heavy atom. The number of nitrogens with zero attached hydrogens (tertiary/aromatic N) is 3. The number of halogens is 2. The first-order valence-electron chi connectivity index (χ1n) is 8.46. The van der Waals surface area contributed by atoms with Crippen LogP contribution in [-0.4, -0.2) is 28.8 Å². The molecule has 0 aliphatic heterocycles. The van der Waals surface area contributed by atoms with Crippen molar-refractivity contribution in [1.82, 2.24) is 14.7 Å². The molecule has 0 saturated heterocycles. The monoisotopic (exact) mass is 417 g/mol. The standard InChI is InChI=1S/C21H21Cl2N3S/c1-14-10-21(19(23)11-18(14)22)27-13-20-17(12-25(3)4)15(2)26(24-20)16-8-6-5-7-9-16/h5-12H,2,13H2,1,3-4H3/b17-12-. The lowest BCUT2D eigenvalue weighted by molar-refractivity contribution is 0.613. The molecule has 0 unspecified atom stereocenters. The van der Waals surface area contributed by atoms with Crippen LogP contribution in [0.5, 0.6) is 0 Å². The van der Waals surface area contributed by atoms with Gasteiger partial charge in [0.1, 0.15) is 0 Å². The first-order valence-corrected chi connectivity index (χ1v) is 10.2. The maximum atomic E-state index is 6.36. The van der Waals surface area contributed by atoms with Gasteiger partial charge in [-0.25, -0.2) is 4.68 Å². The van der Waals surface area contributed by atoms with Gasteiger partial charge >= 0.3 is 0 Å². The van der Waals surface area contributed by atoms with Crippen molar-refractivity contribution in [3.63, 3.8) is 0 Å². The van der Waals surface area contributed by atoms with Crippen molar-refractivity contribution in [2.75, 3.05) is 14.1 Å². The first-order chi connectivity index (χ1) is 12.9. The van der Waals surface area contributed by atoms with Gasteiger partial charge in [-0.2, -0.15) is 5.10 Å². The molecule has 0 atom stereocenters. The second-order valence-electron chi connectivity index (χ2n) is 6.47. The van der Waals surface area contributed by atoms with E-state index >= 15 is 0 Å². The summed E-state index contributed by atoms with van der Waals surface area (Å²) < 4.78 is 1.89. The number of hydrogen-bond acceptors (Lipinski definition) is 3. The van der Waals surface area contributed by atoms with Crippen molar-refractivity contribution in [1.29, 1.82) is 0 Å². The van der Waals surface area contributed by atoms with Gasteiger partial charge in [-0.05, 0) is 36.8 Å². The highest BCUT2D eigenvalue weighted by Gasteiger charge is 2.11. The molecule has 0 bridgehead atoms. The minimum Gasteiger partial charge on any atom is -0.383 e. The third-order valence-corrected chi connectivity index (χ3v) is 5.96. The van der Waals surface area contributed by atoms with E-state index in [0.717, 1.165) is 32.4 Å². The normalized spacial score (nSPS) is 11.8. The summed E-state index contributed by atoms with van der Waals surface area (Å²) in [6.45, 7) is 6.24. The van der Waals surface area contributed by atoms with Gasteiger partial charge in [-0.3, -0.25) is 0 Å². The van der Waals surface area contributed by atoms with Gasteiger partial charge in [0.05, 0.1) is 21.8 Å². The van der Waals surface area contributed by atoms with E-state index in [2.05, 4.69) is 12.8 Å². The predicted molar refractivity (Wildman–Crippen MR) is 117 cm³/mol. The Labute approximate surface area is 173 Å². The van der Waals surface area contributed by atoms with E-state index < -0.39 is 0 Å². The van der Waals surface area contributed by atoms with Gasteiger partial charge in [-0.15, -0.1) is 11.8 Å². The lowest BCUT2D eigenvalue weighted by Crippen LogP contribution is -2.30. The molecule has 3 aromatic rings. The molecule has 0 aliphatic rings. The third-order valence-electron chi connectivity index (χ3n) is 4.06. The SMILES string of the molecule is C=c1/c(=C/N(C)C)c(CSc2cc(C)c(Cl)cc2Cl)nn1-c1ccccc1. The summed E-state index contributed by atoms with van der Waals surface area (Å²) in [6, 6.07) is 13.8. The lowest BCUT2D eigenvalue weighted by Gasteiger charge is -2.07. The van der Waals surface area contributed by atoms with Crippen molar-refractivity contribution < 1.29 is 0 Å². The fourth-order valence-electron chi connectivity index (χ4n) is 2.70. The molecule has 3 rings (SSSR count). The molecule has 0 fully saturated rings. The summed E-state index contributed by atoms with van der Waals surface area (Å²) in [7, 11) is 3.99. The van der Waals surface area contributed by atoms with Crippen LogP contribution in [0.25, 0.3) is 18.5 Å². The maximum Gasteiger partial charge on any atom is 0.0824 e. The first kappa shape index (κ1) is 19.9. The summed E-state index contributed by atoms with van der Waals surface area (Å²) in [5, 5.41) is 8.05. The van der Waals surface area contributed by atoms with Gasteiger partial charge in [0.2, 0.25) is 0 Å². The Kier molecular flexibility index (Phi) is 6.20. The van der Waals surface area contributed by atoms with Crippen molar-refractivity contribution >= 4 is 47.7 Å². The Hall–Kier alpha value is -1.88. The molecule has 0 N–H and O–H groups in total. The van der Waals surface area contributed by atoms with Crippen molar-refractivity contribution in [2.24, 2.45) is 0 Å². The molecule has 0 amide bonds. The van der Waals surface area contributed by atoms with Crippen LogP contribution in [-0.2, 0) is 5.75 Å². The van der Waals surface area contributed by atoms with Crippen LogP contribution in [0.1, 0.15) is 11.3 Å². The predicted octanol–water partition coefficient (Wildman–Crippen LogP) is 4.49. The maximum absolute atomic E-state index is 6.36. The summed E-state index contributed by atoms with van der Waals surface area (Å²) in [5.41, 5.74) is 2.97. The van der Waals surface area contributed by atoms with Gasteiger partial charge in [-0.1, -0.05) is 48.0 Å². The number of para-hydroxylation sites is 1. The molecule has 140 valence electrons. The van der Waals surface area contributed by atoms with Crippen LogP contribution in [0.3, 0.4) is 0 Å². The number of hydrogen-bond donors (Lipinski definition) is 0. The topological polar surface area (TPSA) is 21.1 Å². The van der Waals surface area contributed by atoms with Crippen LogP contribution in [0.4, 0.5) is 0 Å². The number of thioether (sulfide) groups is 1. The molecule has 2 aromatic carbocycles. The number of benzene rings is 2. The minimum atomic E-state index is 0.658. The average Bonchev–Trinajstić information content (AvgIpc) is 2.93. The highest BCUT2D eigenvalue weighted by molar-refractivity contribution is 7.98. The summed E-state index contributed by atoms with van der Waals surface area (Å²) in [5.74, 6) is 0.683. The molecule has 0 aliphatic carbocycles. The Morgan fingerprint density at radius 2 is 1.85 bits per heavy atom. The second-order valence-corrected chi connectivity index (χ2v) is 8.30. The third kappa shape index (κ3) is 4.52. The molecule has 1 heterocycles. The molecule has 1 aromatic heterocycles. The van der Waals surface area contributed by atoms with E-state index in [9.17, 15) is 0 Å². The van der Waals surface area contributed by atoms with Gasteiger partial charge in [0, 0.05) is 41.2 Å². The summed E-state index contributed by atoms with van der Waals surface area (Å²) in [6.07, 6.45) is 2.05. The molecule has 0 spiro atoms. The zero-order valence-corrected chi connectivity index (χ0v) is 17.9. The number of aromatic nitrogens is 2. The lowest BCUT2D eigenvalue weighted by atomic mass is 10.2. The number of aryl methyl sites for hydroxylation is 1. The fraction of sp³-hybridized carbons (Fsp3) is 0.190. The number of rotatable bonds is 5. The Bertz CT molecular complexity index is 1060. The van der Waals surface area contributed by atoms with Crippen LogP contribution < -0.4 is 10.6 Å². The molecule has 3 nitrogen and oxygen atoms in total. The van der Waals surface area contributed by atoms with E-state index in [0.29, 0.717) is 15.8 Å². The van der Waals surface area contributed by atoms with Gasteiger partial charge in [0.15, 0.2) is 0 Å². The van der Waals surface area contributed by atoms with Crippen LogP contribution in [0.15, 0.2) is 47.4 Å². The molecule has 0 radical (unpaired) electrons. The van der Waals surface area contributed by atoms with Crippen LogP contribution in [0, 0.1) is 6.92 Å². The zero-order valence-electron chi connectivity index (χ0n) is 15.5. The largest absolute Gasteiger partial charge is 0.383 e. The zero-order chi connectivity index (χ0) is 19.6. The van der Waals surface area contributed by atoms with Crippen LogP contribution in [0.2, 0.25) is 10.0 Å². The van der Waals surface area contributed by atoms with Crippen molar-refractivity contribution in [3.05, 3.63) is 74.3 Å². The average molecular weight is 418 g/mol. The van der Waals surface area contributed by atoms with E-state index in [-0.39, 0.29) is 0 Å². The van der Waals surface area contributed by atoms with E-state index in [4.69, 9.17) is 28.3 Å². The molecular formula is C21H21Cl2N3S. The quantitative estimate of drug-likeness (QED) is 0.570. The Morgan fingerprint density at radius 3 is 2.52 bits per heavy atom. The summed E-state index contributed by atoms with van der Waals surface area (Å²) >= 11 is 14.2. The van der Waals surface area contributed by atoms with E-state index in [1.807, 2.05) is 67.0 Å². The molecular weight excluding hydrogens is 397 g/mol. The second kappa shape index (κ2) is 8.42. The van der Waals surface area contributed by atoms with Gasteiger partial charge in [0.25, 0.3) is 0 Å². The molecule has 0 saturated carbocycles. The fourth-order valence-corrected chi connectivity index (χ4v) is 4.21. The molecule has 27 heavy (non-hydrogen) atoms.